The van der Waals surface area contributed by atoms with Gasteiger partial charge in [-0.1, -0.05) is 12.1 Å². The number of halogens is 2. The lowest BCUT2D eigenvalue weighted by molar-refractivity contribution is -0.126. The zero-order valence-corrected chi connectivity index (χ0v) is 19.6. The molecule has 34 heavy (non-hydrogen) atoms. The summed E-state index contributed by atoms with van der Waals surface area (Å²) in [5.41, 5.74) is 1.36. The number of hydrogen-bond donors (Lipinski definition) is 2. The Kier molecular flexibility index (Phi) is 7.09. The number of anilines is 2. The average molecular weight is 470 g/mol. The van der Waals surface area contributed by atoms with E-state index >= 15 is 0 Å². The van der Waals surface area contributed by atoms with Gasteiger partial charge in [0.2, 0.25) is 11.9 Å². The monoisotopic (exact) mass is 469 g/mol. The van der Waals surface area contributed by atoms with Crippen LogP contribution in [0.1, 0.15) is 31.2 Å². The number of carbonyl (C=O) groups is 1. The van der Waals surface area contributed by atoms with E-state index in [-0.39, 0.29) is 17.9 Å². The highest BCUT2D eigenvalue weighted by molar-refractivity contribution is 5.90. The SMILES string of the molecule is COc1ccc(CNC(=O)C2CCC(Nc3nc(N(C)C)c4cc(F)c(F)cc4n3)CC2)cc1. The number of benzene rings is 2. The zero-order chi connectivity index (χ0) is 24.2. The standard InChI is InChI=1S/C25H29F2N5O2/c1-32(2)23-19-12-20(26)21(27)13-22(19)30-25(31-23)29-17-8-6-16(7-9-17)24(33)28-14-15-4-10-18(34-3)11-5-15/h4-5,10-13,16-17H,6-9,14H2,1-3H3,(H,28,33)(H,29,30,31). The number of nitrogens with one attached hydrogen (secondary N) is 2. The average Bonchev–Trinajstić information content (AvgIpc) is 2.83. The molecule has 0 unspecified atom stereocenters. The van der Waals surface area contributed by atoms with Crippen LogP contribution in [0.5, 0.6) is 5.75 Å². The number of hydrogen-bond acceptors (Lipinski definition) is 6. The number of aromatic nitrogens is 2. The summed E-state index contributed by atoms with van der Waals surface area (Å²) >= 11 is 0. The first-order chi connectivity index (χ1) is 16.3. The van der Waals surface area contributed by atoms with Crippen molar-refractivity contribution in [3.63, 3.8) is 0 Å². The van der Waals surface area contributed by atoms with Gasteiger partial charge in [0.15, 0.2) is 11.6 Å². The van der Waals surface area contributed by atoms with Gasteiger partial charge in [0.1, 0.15) is 11.6 Å². The number of rotatable bonds is 7. The van der Waals surface area contributed by atoms with Gasteiger partial charge in [0, 0.05) is 44.1 Å². The molecule has 1 aliphatic carbocycles. The van der Waals surface area contributed by atoms with E-state index in [1.807, 2.05) is 24.3 Å². The molecule has 7 nitrogen and oxygen atoms in total. The summed E-state index contributed by atoms with van der Waals surface area (Å²) in [4.78, 5) is 23.3. The highest BCUT2D eigenvalue weighted by atomic mass is 19.2. The highest BCUT2D eigenvalue weighted by Gasteiger charge is 2.27. The van der Waals surface area contributed by atoms with Gasteiger partial charge >= 0.3 is 0 Å². The van der Waals surface area contributed by atoms with Crippen molar-refractivity contribution in [1.82, 2.24) is 15.3 Å². The number of amides is 1. The molecule has 0 saturated heterocycles. The fraction of sp³-hybridized carbons (Fsp3) is 0.400. The van der Waals surface area contributed by atoms with E-state index in [1.165, 1.54) is 0 Å². The van der Waals surface area contributed by atoms with Gasteiger partial charge in [0.25, 0.3) is 0 Å². The van der Waals surface area contributed by atoms with Crippen LogP contribution in [0.2, 0.25) is 0 Å². The van der Waals surface area contributed by atoms with Crippen molar-refractivity contribution >= 4 is 28.6 Å². The van der Waals surface area contributed by atoms with Crippen LogP contribution in [0.3, 0.4) is 0 Å². The largest absolute Gasteiger partial charge is 0.497 e. The Morgan fingerprint density at radius 2 is 1.74 bits per heavy atom. The zero-order valence-electron chi connectivity index (χ0n) is 19.6. The minimum absolute atomic E-state index is 0.0387. The van der Waals surface area contributed by atoms with Crippen LogP contribution in [0.15, 0.2) is 36.4 Å². The molecule has 0 bridgehead atoms. The maximum absolute atomic E-state index is 13.8. The minimum Gasteiger partial charge on any atom is -0.497 e. The van der Waals surface area contributed by atoms with E-state index in [0.29, 0.717) is 29.2 Å². The summed E-state index contributed by atoms with van der Waals surface area (Å²) in [5.74, 6) is -0.183. The summed E-state index contributed by atoms with van der Waals surface area (Å²) in [5, 5.41) is 6.80. The van der Waals surface area contributed by atoms with Crippen molar-refractivity contribution in [2.75, 3.05) is 31.4 Å². The molecule has 1 aliphatic rings. The van der Waals surface area contributed by atoms with Crippen molar-refractivity contribution < 1.29 is 18.3 Å². The molecule has 1 aromatic heterocycles. The highest BCUT2D eigenvalue weighted by Crippen LogP contribution is 2.29. The Balaban J connectivity index is 1.35. The number of fused-ring (bicyclic) bond motifs is 1. The fourth-order valence-electron chi connectivity index (χ4n) is 4.27. The summed E-state index contributed by atoms with van der Waals surface area (Å²) in [6.07, 6.45) is 3.08. The van der Waals surface area contributed by atoms with Gasteiger partial charge in [-0.05, 0) is 49.4 Å². The molecule has 1 fully saturated rings. The summed E-state index contributed by atoms with van der Waals surface area (Å²) in [6, 6.07) is 9.94. The van der Waals surface area contributed by atoms with Crippen molar-refractivity contribution in [3.8, 4) is 5.75 Å². The molecule has 180 valence electrons. The molecule has 0 aliphatic heterocycles. The van der Waals surface area contributed by atoms with Gasteiger partial charge in [-0.15, -0.1) is 0 Å². The quantitative estimate of drug-likeness (QED) is 0.538. The normalized spacial score (nSPS) is 17.9. The van der Waals surface area contributed by atoms with Crippen molar-refractivity contribution in [3.05, 3.63) is 53.6 Å². The van der Waals surface area contributed by atoms with Crippen LogP contribution in [0, 0.1) is 17.6 Å². The van der Waals surface area contributed by atoms with E-state index in [9.17, 15) is 13.6 Å². The summed E-state index contributed by atoms with van der Waals surface area (Å²) < 4.78 is 32.7. The maximum atomic E-state index is 13.8. The lowest BCUT2D eigenvalue weighted by atomic mass is 9.85. The molecular formula is C25H29F2N5O2. The van der Waals surface area contributed by atoms with Gasteiger partial charge in [0.05, 0.1) is 12.6 Å². The molecule has 1 saturated carbocycles. The number of carbonyl (C=O) groups excluding carboxylic acids is 1. The van der Waals surface area contributed by atoms with E-state index < -0.39 is 11.6 Å². The molecule has 2 aromatic carbocycles. The second-order valence-electron chi connectivity index (χ2n) is 8.81. The van der Waals surface area contributed by atoms with Gasteiger partial charge < -0.3 is 20.3 Å². The minimum atomic E-state index is -0.942. The third-order valence-electron chi connectivity index (χ3n) is 6.20. The first-order valence-electron chi connectivity index (χ1n) is 11.4. The van der Waals surface area contributed by atoms with Gasteiger partial charge in [-0.2, -0.15) is 4.98 Å². The Morgan fingerprint density at radius 3 is 2.38 bits per heavy atom. The van der Waals surface area contributed by atoms with E-state index in [1.54, 1.807) is 26.1 Å². The predicted octanol–water partition coefficient (Wildman–Crippen LogP) is 4.27. The molecule has 1 amide bonds. The van der Waals surface area contributed by atoms with Crippen LogP contribution in [-0.4, -0.2) is 43.1 Å². The number of ether oxygens (including phenoxy) is 1. The molecule has 0 atom stereocenters. The summed E-state index contributed by atoms with van der Waals surface area (Å²) in [7, 11) is 5.21. The molecule has 1 heterocycles. The van der Waals surface area contributed by atoms with Crippen LogP contribution in [0.25, 0.3) is 10.9 Å². The van der Waals surface area contributed by atoms with Crippen LogP contribution in [-0.2, 0) is 11.3 Å². The van der Waals surface area contributed by atoms with Gasteiger partial charge in [-0.25, -0.2) is 13.8 Å². The predicted molar refractivity (Wildman–Crippen MR) is 128 cm³/mol. The van der Waals surface area contributed by atoms with Crippen molar-refractivity contribution in [2.24, 2.45) is 5.92 Å². The molecule has 0 radical (unpaired) electrons. The van der Waals surface area contributed by atoms with Crippen molar-refractivity contribution in [1.29, 1.82) is 0 Å². The smallest absolute Gasteiger partial charge is 0.225 e. The number of nitrogens with zero attached hydrogens (tertiary/aromatic N) is 3. The molecule has 0 spiro atoms. The first kappa shape index (κ1) is 23.7. The third kappa shape index (κ3) is 5.35. The lowest BCUT2D eigenvalue weighted by Crippen LogP contribution is -2.35. The first-order valence-corrected chi connectivity index (χ1v) is 11.4. The molecule has 9 heteroatoms. The van der Waals surface area contributed by atoms with Gasteiger partial charge in [-0.3, -0.25) is 4.79 Å². The number of methoxy groups -OCH3 is 1. The Morgan fingerprint density at radius 1 is 1.06 bits per heavy atom. The van der Waals surface area contributed by atoms with Crippen LogP contribution < -0.4 is 20.3 Å². The fourth-order valence-corrected chi connectivity index (χ4v) is 4.27. The maximum Gasteiger partial charge on any atom is 0.225 e. The van der Waals surface area contributed by atoms with Crippen molar-refractivity contribution in [2.45, 2.75) is 38.3 Å². The lowest BCUT2D eigenvalue weighted by Gasteiger charge is -2.28. The third-order valence-corrected chi connectivity index (χ3v) is 6.20. The second kappa shape index (κ2) is 10.2. The second-order valence-corrected chi connectivity index (χ2v) is 8.81. The van der Waals surface area contributed by atoms with E-state index in [0.717, 1.165) is 49.1 Å². The Labute approximate surface area is 197 Å². The van der Waals surface area contributed by atoms with E-state index in [4.69, 9.17) is 4.74 Å². The Bertz CT molecular complexity index is 1160. The Hall–Kier alpha value is -3.49. The van der Waals surface area contributed by atoms with Crippen LogP contribution >= 0.6 is 0 Å². The van der Waals surface area contributed by atoms with Crippen LogP contribution in [0.4, 0.5) is 20.5 Å². The van der Waals surface area contributed by atoms with E-state index in [2.05, 4.69) is 20.6 Å². The molecule has 4 rings (SSSR count). The topological polar surface area (TPSA) is 79.4 Å². The molecule has 2 N–H and O–H groups in total. The molecular weight excluding hydrogens is 440 g/mol. The summed E-state index contributed by atoms with van der Waals surface area (Å²) in [6.45, 7) is 0.483. The molecule has 3 aromatic rings.